The number of carbonyl (C=O) groups is 4. The van der Waals surface area contributed by atoms with Crippen LogP contribution in [0.3, 0.4) is 0 Å². The van der Waals surface area contributed by atoms with E-state index in [0.29, 0.717) is 17.9 Å². The smallest absolute Gasteiger partial charge is 0.338 e. The van der Waals surface area contributed by atoms with Crippen LogP contribution in [0.1, 0.15) is 61.2 Å². The molecule has 28 heavy (non-hydrogen) atoms. The zero-order valence-corrected chi connectivity index (χ0v) is 15.6. The van der Waals surface area contributed by atoms with Gasteiger partial charge in [-0.05, 0) is 48.9 Å². The second-order valence-corrected chi connectivity index (χ2v) is 6.23. The van der Waals surface area contributed by atoms with Crippen LogP contribution in [0, 0.1) is 0 Å². The van der Waals surface area contributed by atoms with Crippen LogP contribution in [0.5, 0.6) is 0 Å². The first-order chi connectivity index (χ1) is 13.5. The highest BCUT2D eigenvalue weighted by Gasteiger charge is 2.37. The number of hydrogen-bond acceptors (Lipinski definition) is 6. The molecule has 0 unspecified atom stereocenters. The molecule has 1 aliphatic heterocycles. The van der Waals surface area contributed by atoms with Gasteiger partial charge in [0.25, 0.3) is 11.8 Å². The summed E-state index contributed by atoms with van der Waals surface area (Å²) in [6.45, 7) is 2.34. The number of methoxy groups -OCH3 is 1. The summed E-state index contributed by atoms with van der Waals surface area (Å²) in [7, 11) is 1.24. The summed E-state index contributed by atoms with van der Waals surface area (Å²) in [5.74, 6) is -2.07. The maximum Gasteiger partial charge on any atom is 0.338 e. The van der Waals surface area contributed by atoms with Crippen molar-refractivity contribution in [1.82, 2.24) is 0 Å². The quantitative estimate of drug-likeness (QED) is 0.434. The van der Waals surface area contributed by atoms with Crippen LogP contribution < -0.4 is 4.90 Å². The fourth-order valence-electron chi connectivity index (χ4n) is 2.86. The second kappa shape index (κ2) is 8.04. The van der Waals surface area contributed by atoms with Gasteiger partial charge in [-0.1, -0.05) is 13.3 Å². The number of ether oxygens (including phenoxy) is 2. The van der Waals surface area contributed by atoms with Crippen LogP contribution >= 0.6 is 0 Å². The van der Waals surface area contributed by atoms with Gasteiger partial charge in [-0.15, -0.1) is 0 Å². The minimum Gasteiger partial charge on any atom is -0.465 e. The average molecular weight is 381 g/mol. The van der Waals surface area contributed by atoms with E-state index in [0.717, 1.165) is 17.7 Å². The number of esters is 2. The van der Waals surface area contributed by atoms with Crippen molar-refractivity contribution >= 4 is 29.4 Å². The van der Waals surface area contributed by atoms with Crippen molar-refractivity contribution in [3.8, 4) is 0 Å². The molecule has 2 aromatic rings. The zero-order chi connectivity index (χ0) is 20.3. The Morgan fingerprint density at radius 1 is 0.893 bits per heavy atom. The fourth-order valence-corrected chi connectivity index (χ4v) is 2.86. The summed E-state index contributed by atoms with van der Waals surface area (Å²) in [5, 5.41) is 0. The molecule has 1 heterocycles. The molecule has 0 N–H and O–H groups in total. The molecule has 2 amide bonds. The Hall–Kier alpha value is -3.48. The van der Waals surface area contributed by atoms with Crippen LogP contribution in [0.4, 0.5) is 5.69 Å². The summed E-state index contributed by atoms with van der Waals surface area (Å²) in [6.07, 6.45) is 1.70. The zero-order valence-electron chi connectivity index (χ0n) is 15.6. The topological polar surface area (TPSA) is 90.0 Å². The van der Waals surface area contributed by atoms with E-state index in [4.69, 9.17) is 4.74 Å². The molecule has 0 aliphatic carbocycles. The number of fused-ring (bicyclic) bond motifs is 1. The van der Waals surface area contributed by atoms with E-state index in [9.17, 15) is 19.2 Å². The number of hydrogen-bond donors (Lipinski definition) is 0. The number of amides is 2. The number of anilines is 1. The lowest BCUT2D eigenvalue weighted by atomic mass is 10.1. The summed E-state index contributed by atoms with van der Waals surface area (Å²) in [4.78, 5) is 50.0. The third-order valence-corrected chi connectivity index (χ3v) is 4.40. The molecule has 3 rings (SSSR count). The first-order valence-electron chi connectivity index (χ1n) is 8.86. The minimum absolute atomic E-state index is 0.135. The van der Waals surface area contributed by atoms with Crippen molar-refractivity contribution in [3.63, 3.8) is 0 Å². The van der Waals surface area contributed by atoms with E-state index in [-0.39, 0.29) is 16.7 Å². The van der Waals surface area contributed by atoms with E-state index in [2.05, 4.69) is 4.74 Å². The minimum atomic E-state index is -0.590. The third kappa shape index (κ3) is 3.51. The highest BCUT2D eigenvalue weighted by atomic mass is 16.5. The van der Waals surface area contributed by atoms with Crippen molar-refractivity contribution in [2.24, 2.45) is 0 Å². The summed E-state index contributed by atoms with van der Waals surface area (Å²) >= 11 is 0. The number of imide groups is 1. The van der Waals surface area contributed by atoms with Gasteiger partial charge >= 0.3 is 11.9 Å². The summed E-state index contributed by atoms with van der Waals surface area (Å²) < 4.78 is 9.79. The predicted octanol–water partition coefficient (Wildman–Crippen LogP) is 3.23. The number of benzene rings is 2. The molecule has 0 atom stereocenters. The molecular weight excluding hydrogens is 362 g/mol. The SMILES string of the molecule is CCCCOC(=O)c1ccc(N2C(=O)c3ccc(C(=O)OC)cc3C2=O)cc1. The van der Waals surface area contributed by atoms with Crippen molar-refractivity contribution in [2.45, 2.75) is 19.8 Å². The highest BCUT2D eigenvalue weighted by Crippen LogP contribution is 2.29. The summed E-state index contributed by atoms with van der Waals surface area (Å²) in [6, 6.07) is 10.3. The molecule has 0 saturated carbocycles. The number of carbonyl (C=O) groups excluding carboxylic acids is 4. The fraction of sp³-hybridized carbons (Fsp3) is 0.238. The van der Waals surface area contributed by atoms with E-state index in [1.165, 1.54) is 49.6 Å². The Morgan fingerprint density at radius 2 is 1.54 bits per heavy atom. The normalized spacial score (nSPS) is 12.7. The van der Waals surface area contributed by atoms with Crippen molar-refractivity contribution < 1.29 is 28.7 Å². The predicted molar refractivity (Wildman–Crippen MR) is 101 cm³/mol. The first kappa shape index (κ1) is 19.3. The Morgan fingerprint density at radius 3 is 2.18 bits per heavy atom. The van der Waals surface area contributed by atoms with E-state index in [1.54, 1.807) is 0 Å². The van der Waals surface area contributed by atoms with E-state index in [1.807, 2.05) is 6.92 Å². The van der Waals surface area contributed by atoms with Gasteiger partial charge in [0, 0.05) is 0 Å². The van der Waals surface area contributed by atoms with Gasteiger partial charge in [0.2, 0.25) is 0 Å². The monoisotopic (exact) mass is 381 g/mol. The molecule has 0 saturated heterocycles. The Kier molecular flexibility index (Phi) is 5.54. The molecule has 7 nitrogen and oxygen atoms in total. The Balaban J connectivity index is 1.82. The van der Waals surface area contributed by atoms with E-state index >= 15 is 0 Å². The molecule has 7 heteroatoms. The van der Waals surface area contributed by atoms with Gasteiger partial charge < -0.3 is 9.47 Å². The second-order valence-electron chi connectivity index (χ2n) is 6.23. The number of unbranched alkanes of at least 4 members (excludes halogenated alkanes) is 1. The Labute approximate surface area is 161 Å². The number of nitrogens with zero attached hydrogens (tertiary/aromatic N) is 1. The van der Waals surface area contributed by atoms with Gasteiger partial charge in [-0.3, -0.25) is 9.59 Å². The lowest BCUT2D eigenvalue weighted by molar-refractivity contribution is 0.0499. The van der Waals surface area contributed by atoms with Crippen molar-refractivity contribution in [3.05, 3.63) is 64.7 Å². The largest absolute Gasteiger partial charge is 0.465 e. The maximum absolute atomic E-state index is 12.7. The van der Waals surface area contributed by atoms with Crippen molar-refractivity contribution in [2.75, 3.05) is 18.6 Å². The van der Waals surface area contributed by atoms with Gasteiger partial charge in [-0.25, -0.2) is 14.5 Å². The highest BCUT2D eigenvalue weighted by molar-refractivity contribution is 6.34. The average Bonchev–Trinajstić information content (AvgIpc) is 2.97. The molecule has 2 aromatic carbocycles. The van der Waals surface area contributed by atoms with Crippen LogP contribution in [0.25, 0.3) is 0 Å². The lowest BCUT2D eigenvalue weighted by Gasteiger charge is -2.14. The van der Waals surface area contributed by atoms with Crippen LogP contribution in [0.2, 0.25) is 0 Å². The maximum atomic E-state index is 12.7. The van der Waals surface area contributed by atoms with E-state index < -0.39 is 23.8 Å². The number of rotatable bonds is 6. The first-order valence-corrected chi connectivity index (χ1v) is 8.86. The van der Waals surface area contributed by atoms with Crippen LogP contribution in [-0.4, -0.2) is 37.5 Å². The standard InChI is InChI=1S/C21H19NO6/c1-3-4-11-28-21(26)13-5-8-15(9-6-13)22-18(23)16-10-7-14(20(25)27-2)12-17(16)19(22)24/h5-10,12H,3-4,11H2,1-2H3. The Bertz CT molecular complexity index is 948. The van der Waals surface area contributed by atoms with Crippen molar-refractivity contribution in [1.29, 1.82) is 0 Å². The molecule has 0 spiro atoms. The van der Waals surface area contributed by atoms with Gasteiger partial charge in [0.15, 0.2) is 0 Å². The third-order valence-electron chi connectivity index (χ3n) is 4.40. The molecule has 144 valence electrons. The molecule has 0 aromatic heterocycles. The van der Waals surface area contributed by atoms with Gasteiger partial charge in [0.05, 0.1) is 41.7 Å². The molecule has 1 aliphatic rings. The van der Waals surface area contributed by atoms with Gasteiger partial charge in [-0.2, -0.15) is 0 Å². The molecule has 0 bridgehead atoms. The molecular formula is C21H19NO6. The van der Waals surface area contributed by atoms with Crippen LogP contribution in [0.15, 0.2) is 42.5 Å². The van der Waals surface area contributed by atoms with Gasteiger partial charge in [0.1, 0.15) is 0 Å². The molecule has 0 radical (unpaired) electrons. The summed E-state index contributed by atoms with van der Waals surface area (Å²) in [5.41, 5.74) is 1.20. The lowest BCUT2D eigenvalue weighted by Crippen LogP contribution is -2.29. The van der Waals surface area contributed by atoms with Crippen LogP contribution in [-0.2, 0) is 9.47 Å². The molecule has 0 fully saturated rings.